The molecule has 1 N–H and O–H groups in total. The lowest BCUT2D eigenvalue weighted by Crippen LogP contribution is -2.36. The van der Waals surface area contributed by atoms with Gasteiger partial charge in [-0.1, -0.05) is 44.0 Å². The third kappa shape index (κ3) is 5.54. The molecule has 0 aliphatic heterocycles. The molecular formula is C28H35FN6O. The SMILES string of the molecule is CCCC(c1nnnn1C(C)(C)CC)N(Cc1ccc(F)cc1)Cc1cc2cc(C)ccc2[nH]c1=O. The van der Waals surface area contributed by atoms with Gasteiger partial charge in [0, 0.05) is 24.2 Å². The second-order valence-corrected chi connectivity index (χ2v) is 10.2. The summed E-state index contributed by atoms with van der Waals surface area (Å²) in [6, 6.07) is 14.4. The molecule has 2 aromatic carbocycles. The van der Waals surface area contributed by atoms with Crippen LogP contribution in [-0.4, -0.2) is 30.1 Å². The molecule has 0 bridgehead atoms. The minimum absolute atomic E-state index is 0.112. The maximum absolute atomic E-state index is 13.6. The van der Waals surface area contributed by atoms with E-state index in [1.165, 1.54) is 12.1 Å². The number of H-pyrrole nitrogens is 1. The maximum Gasteiger partial charge on any atom is 0.252 e. The van der Waals surface area contributed by atoms with Gasteiger partial charge in [0.25, 0.3) is 5.56 Å². The van der Waals surface area contributed by atoms with Crippen molar-refractivity contribution in [1.82, 2.24) is 30.1 Å². The van der Waals surface area contributed by atoms with Crippen LogP contribution in [0.2, 0.25) is 0 Å². The fourth-order valence-electron chi connectivity index (χ4n) is 4.54. The van der Waals surface area contributed by atoms with E-state index in [4.69, 9.17) is 0 Å². The number of nitrogens with one attached hydrogen (secondary N) is 1. The van der Waals surface area contributed by atoms with Crippen LogP contribution in [0, 0.1) is 12.7 Å². The van der Waals surface area contributed by atoms with Crippen molar-refractivity contribution >= 4 is 10.9 Å². The Labute approximate surface area is 211 Å². The Morgan fingerprint density at radius 2 is 1.83 bits per heavy atom. The molecule has 0 aliphatic rings. The highest BCUT2D eigenvalue weighted by Gasteiger charge is 2.31. The molecule has 2 heterocycles. The van der Waals surface area contributed by atoms with Crippen LogP contribution < -0.4 is 5.56 Å². The van der Waals surface area contributed by atoms with Crippen molar-refractivity contribution < 1.29 is 4.39 Å². The molecule has 4 aromatic rings. The van der Waals surface area contributed by atoms with Crippen LogP contribution in [0.15, 0.2) is 53.3 Å². The molecule has 0 amide bonds. The van der Waals surface area contributed by atoms with Crippen molar-refractivity contribution in [3.63, 3.8) is 0 Å². The smallest absolute Gasteiger partial charge is 0.252 e. The molecule has 0 fully saturated rings. The second-order valence-electron chi connectivity index (χ2n) is 10.2. The number of aryl methyl sites for hydroxylation is 1. The summed E-state index contributed by atoms with van der Waals surface area (Å²) in [5, 5.41) is 13.8. The van der Waals surface area contributed by atoms with Gasteiger partial charge in [-0.15, -0.1) is 5.10 Å². The monoisotopic (exact) mass is 490 g/mol. The highest BCUT2D eigenvalue weighted by atomic mass is 19.1. The van der Waals surface area contributed by atoms with E-state index in [0.29, 0.717) is 18.7 Å². The summed E-state index contributed by atoms with van der Waals surface area (Å²) < 4.78 is 15.6. The van der Waals surface area contributed by atoms with Gasteiger partial charge in [0.05, 0.1) is 11.6 Å². The molecule has 2 aromatic heterocycles. The van der Waals surface area contributed by atoms with E-state index >= 15 is 0 Å². The van der Waals surface area contributed by atoms with Crippen LogP contribution in [0.1, 0.15) is 75.5 Å². The third-order valence-electron chi connectivity index (χ3n) is 6.98. The van der Waals surface area contributed by atoms with E-state index in [-0.39, 0.29) is 23.0 Å². The van der Waals surface area contributed by atoms with Gasteiger partial charge in [-0.25, -0.2) is 9.07 Å². The first-order chi connectivity index (χ1) is 17.2. The predicted molar refractivity (Wildman–Crippen MR) is 140 cm³/mol. The number of rotatable bonds is 10. The Kier molecular flexibility index (Phi) is 7.64. The first-order valence-corrected chi connectivity index (χ1v) is 12.6. The summed E-state index contributed by atoms with van der Waals surface area (Å²) in [7, 11) is 0. The molecule has 8 heteroatoms. The largest absolute Gasteiger partial charge is 0.322 e. The van der Waals surface area contributed by atoms with Crippen molar-refractivity contribution in [2.24, 2.45) is 0 Å². The number of pyridine rings is 1. The molecule has 0 radical (unpaired) electrons. The van der Waals surface area contributed by atoms with Gasteiger partial charge >= 0.3 is 0 Å². The van der Waals surface area contributed by atoms with Gasteiger partial charge in [-0.05, 0) is 85.3 Å². The quantitative estimate of drug-likeness (QED) is 0.311. The van der Waals surface area contributed by atoms with Crippen molar-refractivity contribution in [3.8, 4) is 0 Å². The van der Waals surface area contributed by atoms with E-state index in [0.717, 1.165) is 47.1 Å². The number of nitrogens with zero attached hydrogens (tertiary/aromatic N) is 5. The van der Waals surface area contributed by atoms with E-state index in [9.17, 15) is 9.18 Å². The number of hydrogen-bond donors (Lipinski definition) is 1. The van der Waals surface area contributed by atoms with Gasteiger partial charge in [-0.3, -0.25) is 9.69 Å². The van der Waals surface area contributed by atoms with Crippen LogP contribution >= 0.6 is 0 Å². The lowest BCUT2D eigenvalue weighted by molar-refractivity contribution is 0.145. The topological polar surface area (TPSA) is 79.7 Å². The highest BCUT2D eigenvalue weighted by molar-refractivity contribution is 5.79. The summed E-state index contributed by atoms with van der Waals surface area (Å²) in [5.41, 5.74) is 3.21. The summed E-state index contributed by atoms with van der Waals surface area (Å²) >= 11 is 0. The first-order valence-electron chi connectivity index (χ1n) is 12.6. The molecule has 4 rings (SSSR count). The van der Waals surface area contributed by atoms with Gasteiger partial charge in [0.1, 0.15) is 5.82 Å². The molecule has 190 valence electrons. The van der Waals surface area contributed by atoms with Crippen LogP contribution in [-0.2, 0) is 18.6 Å². The second kappa shape index (κ2) is 10.7. The molecule has 0 spiro atoms. The average Bonchev–Trinajstić information content (AvgIpc) is 3.35. The highest BCUT2D eigenvalue weighted by Crippen LogP contribution is 2.31. The number of benzene rings is 2. The Morgan fingerprint density at radius 3 is 2.53 bits per heavy atom. The zero-order chi connectivity index (χ0) is 25.9. The number of aromatic nitrogens is 5. The molecular weight excluding hydrogens is 455 g/mol. The number of aromatic amines is 1. The van der Waals surface area contributed by atoms with Gasteiger partial charge in [0.15, 0.2) is 5.82 Å². The van der Waals surface area contributed by atoms with Crippen molar-refractivity contribution in [2.45, 2.75) is 78.6 Å². The normalized spacial score (nSPS) is 13.0. The molecule has 1 atom stereocenters. The average molecular weight is 491 g/mol. The Morgan fingerprint density at radius 1 is 1.08 bits per heavy atom. The van der Waals surface area contributed by atoms with Gasteiger partial charge < -0.3 is 4.98 Å². The standard InChI is InChI=1S/C28H35FN6O/c1-6-8-25(26-31-32-33-35(26)28(4,5)7-2)34(17-20-10-12-23(29)13-11-20)18-22-16-21-15-19(3)9-14-24(21)30-27(22)36/h9-16,25H,6-8,17-18H2,1-5H3,(H,30,36). The summed E-state index contributed by atoms with van der Waals surface area (Å²) in [6.07, 6.45) is 2.59. The van der Waals surface area contributed by atoms with E-state index in [1.54, 1.807) is 12.1 Å². The molecule has 0 saturated carbocycles. The van der Waals surface area contributed by atoms with Crippen LogP contribution in [0.5, 0.6) is 0 Å². The Hall–Kier alpha value is -3.39. The van der Waals surface area contributed by atoms with Crippen molar-refractivity contribution in [2.75, 3.05) is 0 Å². The van der Waals surface area contributed by atoms with Crippen molar-refractivity contribution in [1.29, 1.82) is 0 Å². The van der Waals surface area contributed by atoms with E-state index < -0.39 is 0 Å². The maximum atomic E-state index is 13.6. The molecule has 36 heavy (non-hydrogen) atoms. The lowest BCUT2D eigenvalue weighted by atomic mass is 10.00. The van der Waals surface area contributed by atoms with Gasteiger partial charge in [0.2, 0.25) is 0 Å². The number of tetrazole rings is 1. The number of fused-ring (bicyclic) bond motifs is 1. The zero-order valence-electron chi connectivity index (χ0n) is 21.8. The molecule has 1 unspecified atom stereocenters. The summed E-state index contributed by atoms with van der Waals surface area (Å²) in [6.45, 7) is 11.5. The Balaban J connectivity index is 1.80. The lowest BCUT2D eigenvalue weighted by Gasteiger charge is -2.33. The summed E-state index contributed by atoms with van der Waals surface area (Å²) in [5.74, 6) is 0.504. The Bertz CT molecular complexity index is 1380. The van der Waals surface area contributed by atoms with E-state index in [2.05, 4.69) is 59.2 Å². The van der Waals surface area contributed by atoms with Crippen LogP contribution in [0.4, 0.5) is 4.39 Å². The van der Waals surface area contributed by atoms with E-state index in [1.807, 2.05) is 29.8 Å². The molecule has 0 aliphatic carbocycles. The molecule has 7 nitrogen and oxygen atoms in total. The van der Waals surface area contributed by atoms with Crippen LogP contribution in [0.3, 0.4) is 0 Å². The minimum atomic E-state index is -0.273. The van der Waals surface area contributed by atoms with Crippen molar-refractivity contribution in [3.05, 3.63) is 87.2 Å². The fraction of sp³-hybridized carbons (Fsp3) is 0.429. The third-order valence-corrected chi connectivity index (χ3v) is 6.98. The predicted octanol–water partition coefficient (Wildman–Crippen LogP) is 5.65. The minimum Gasteiger partial charge on any atom is -0.322 e. The number of hydrogen-bond acceptors (Lipinski definition) is 5. The first kappa shape index (κ1) is 25.7. The van der Waals surface area contributed by atoms with Gasteiger partial charge in [-0.2, -0.15) is 0 Å². The molecule has 0 saturated heterocycles. The van der Waals surface area contributed by atoms with Crippen LogP contribution in [0.25, 0.3) is 10.9 Å². The fourth-order valence-corrected chi connectivity index (χ4v) is 4.54. The number of halogens is 1. The summed E-state index contributed by atoms with van der Waals surface area (Å²) in [4.78, 5) is 18.4. The zero-order valence-corrected chi connectivity index (χ0v) is 21.8.